The van der Waals surface area contributed by atoms with Crippen LogP contribution in [-0.4, -0.2) is 58.0 Å². The summed E-state index contributed by atoms with van der Waals surface area (Å²) in [6.07, 6.45) is 4.40. The summed E-state index contributed by atoms with van der Waals surface area (Å²) in [6.45, 7) is 10.3. The molecule has 2 aromatic heterocycles. The Morgan fingerprint density at radius 3 is 2.22 bits per heavy atom. The van der Waals surface area contributed by atoms with Gasteiger partial charge in [0.2, 0.25) is 0 Å². The number of piperazine rings is 1. The Morgan fingerprint density at radius 1 is 1.04 bits per heavy atom. The zero-order chi connectivity index (χ0) is 19.2. The third-order valence-electron chi connectivity index (χ3n) is 5.14. The molecular formula is C21H29N5O. The molecule has 27 heavy (non-hydrogen) atoms. The van der Waals surface area contributed by atoms with Gasteiger partial charge in [0.1, 0.15) is 0 Å². The van der Waals surface area contributed by atoms with E-state index in [0.717, 1.165) is 56.1 Å². The van der Waals surface area contributed by atoms with Crippen LogP contribution in [0.2, 0.25) is 0 Å². The molecule has 2 aromatic rings. The van der Waals surface area contributed by atoms with Gasteiger partial charge in [0.25, 0.3) is 0 Å². The van der Waals surface area contributed by atoms with Crippen LogP contribution in [0, 0.1) is 13.8 Å². The predicted octanol–water partition coefficient (Wildman–Crippen LogP) is 2.55. The standard InChI is InChI=1S/C21H29N5O/c1-16-6-4-8-22-19(16)14-18(3)24-21(27)26-12-10-25(11-13-26)15-20-17(2)7-5-9-23-20/h4-9,18H,10-15H2,1-3H3,(H,24,27). The molecule has 0 spiro atoms. The highest BCUT2D eigenvalue weighted by Gasteiger charge is 2.22. The molecule has 1 saturated heterocycles. The normalized spacial score (nSPS) is 16.2. The lowest BCUT2D eigenvalue weighted by atomic mass is 10.1. The van der Waals surface area contributed by atoms with Gasteiger partial charge in [-0.1, -0.05) is 12.1 Å². The predicted molar refractivity (Wildman–Crippen MR) is 106 cm³/mol. The summed E-state index contributed by atoms with van der Waals surface area (Å²) < 4.78 is 0. The molecule has 1 unspecified atom stereocenters. The maximum atomic E-state index is 12.6. The average molecular weight is 367 g/mol. The van der Waals surface area contributed by atoms with Crippen molar-refractivity contribution in [1.82, 2.24) is 25.1 Å². The molecule has 2 amide bonds. The molecule has 6 nitrogen and oxygen atoms in total. The van der Waals surface area contributed by atoms with Crippen molar-refractivity contribution in [3.63, 3.8) is 0 Å². The molecule has 1 aliphatic heterocycles. The molecule has 1 fully saturated rings. The number of nitrogens with zero attached hydrogens (tertiary/aromatic N) is 4. The van der Waals surface area contributed by atoms with Gasteiger partial charge in [0, 0.05) is 63.3 Å². The maximum absolute atomic E-state index is 12.6. The fourth-order valence-electron chi connectivity index (χ4n) is 3.38. The highest BCUT2D eigenvalue weighted by Crippen LogP contribution is 2.11. The van der Waals surface area contributed by atoms with Crippen molar-refractivity contribution in [2.24, 2.45) is 0 Å². The van der Waals surface area contributed by atoms with E-state index >= 15 is 0 Å². The Hall–Kier alpha value is -2.47. The molecule has 0 aromatic carbocycles. The van der Waals surface area contributed by atoms with E-state index in [-0.39, 0.29) is 12.1 Å². The Bertz CT molecular complexity index is 771. The van der Waals surface area contributed by atoms with Crippen molar-refractivity contribution >= 4 is 6.03 Å². The minimum absolute atomic E-state index is 0.0183. The van der Waals surface area contributed by atoms with E-state index < -0.39 is 0 Å². The number of nitrogens with one attached hydrogen (secondary N) is 1. The number of aromatic nitrogens is 2. The number of aryl methyl sites for hydroxylation is 2. The van der Waals surface area contributed by atoms with Crippen LogP contribution in [0.5, 0.6) is 0 Å². The van der Waals surface area contributed by atoms with Gasteiger partial charge in [-0.3, -0.25) is 14.9 Å². The molecule has 0 bridgehead atoms. The molecule has 1 atom stereocenters. The smallest absolute Gasteiger partial charge is 0.317 e. The molecule has 1 aliphatic rings. The third-order valence-corrected chi connectivity index (χ3v) is 5.14. The SMILES string of the molecule is Cc1cccnc1CC(C)NC(=O)N1CCN(Cc2ncccc2C)CC1. The van der Waals surface area contributed by atoms with Crippen molar-refractivity contribution in [2.75, 3.05) is 26.2 Å². The van der Waals surface area contributed by atoms with Gasteiger partial charge in [-0.25, -0.2) is 4.79 Å². The van der Waals surface area contributed by atoms with Crippen LogP contribution in [0.3, 0.4) is 0 Å². The van der Waals surface area contributed by atoms with Crippen LogP contribution < -0.4 is 5.32 Å². The Morgan fingerprint density at radius 2 is 1.63 bits per heavy atom. The number of hydrogen-bond donors (Lipinski definition) is 1. The van der Waals surface area contributed by atoms with Crippen LogP contribution in [0.15, 0.2) is 36.7 Å². The highest BCUT2D eigenvalue weighted by molar-refractivity contribution is 5.74. The number of pyridine rings is 2. The monoisotopic (exact) mass is 367 g/mol. The Kier molecular flexibility index (Phi) is 6.40. The first-order valence-electron chi connectivity index (χ1n) is 9.61. The largest absolute Gasteiger partial charge is 0.335 e. The summed E-state index contributed by atoms with van der Waals surface area (Å²) in [4.78, 5) is 25.7. The van der Waals surface area contributed by atoms with E-state index in [1.54, 1.807) is 6.20 Å². The average Bonchev–Trinajstić information content (AvgIpc) is 2.66. The maximum Gasteiger partial charge on any atom is 0.317 e. The first kappa shape index (κ1) is 19.3. The summed E-state index contributed by atoms with van der Waals surface area (Å²) >= 11 is 0. The van der Waals surface area contributed by atoms with E-state index in [1.807, 2.05) is 30.2 Å². The van der Waals surface area contributed by atoms with Crippen molar-refractivity contribution < 1.29 is 4.79 Å². The number of rotatable bonds is 5. The molecular weight excluding hydrogens is 338 g/mol. The zero-order valence-electron chi connectivity index (χ0n) is 16.5. The lowest BCUT2D eigenvalue weighted by Gasteiger charge is -2.35. The fraction of sp³-hybridized carbons (Fsp3) is 0.476. The van der Waals surface area contributed by atoms with E-state index in [0.29, 0.717) is 0 Å². The third kappa shape index (κ3) is 5.26. The Labute approximate surface area is 161 Å². The van der Waals surface area contributed by atoms with E-state index in [1.165, 1.54) is 5.56 Å². The van der Waals surface area contributed by atoms with Gasteiger partial charge in [-0.05, 0) is 44.0 Å². The van der Waals surface area contributed by atoms with Gasteiger partial charge >= 0.3 is 6.03 Å². The Balaban J connectivity index is 1.45. The van der Waals surface area contributed by atoms with Gasteiger partial charge in [0.15, 0.2) is 0 Å². The topological polar surface area (TPSA) is 61.4 Å². The quantitative estimate of drug-likeness (QED) is 0.882. The van der Waals surface area contributed by atoms with Crippen LogP contribution in [0.4, 0.5) is 4.79 Å². The minimum atomic E-state index is 0.0183. The van der Waals surface area contributed by atoms with Gasteiger partial charge in [-0.15, -0.1) is 0 Å². The van der Waals surface area contributed by atoms with Gasteiger partial charge in [-0.2, -0.15) is 0 Å². The number of urea groups is 1. The molecule has 144 valence electrons. The lowest BCUT2D eigenvalue weighted by molar-refractivity contribution is 0.132. The van der Waals surface area contributed by atoms with Crippen LogP contribution in [0.25, 0.3) is 0 Å². The summed E-state index contributed by atoms with van der Waals surface area (Å²) in [7, 11) is 0. The van der Waals surface area contributed by atoms with Crippen molar-refractivity contribution in [1.29, 1.82) is 0 Å². The van der Waals surface area contributed by atoms with Gasteiger partial charge in [0.05, 0.1) is 5.69 Å². The molecule has 3 rings (SSSR count). The number of carbonyl (C=O) groups excluding carboxylic acids is 1. The van der Waals surface area contributed by atoms with E-state index in [9.17, 15) is 4.79 Å². The van der Waals surface area contributed by atoms with Crippen LogP contribution in [0.1, 0.15) is 29.4 Å². The molecule has 3 heterocycles. The van der Waals surface area contributed by atoms with Crippen LogP contribution in [-0.2, 0) is 13.0 Å². The fourth-order valence-corrected chi connectivity index (χ4v) is 3.38. The number of carbonyl (C=O) groups is 1. The number of amides is 2. The lowest BCUT2D eigenvalue weighted by Crippen LogP contribution is -2.53. The van der Waals surface area contributed by atoms with E-state index in [2.05, 4.69) is 46.2 Å². The molecule has 0 saturated carbocycles. The first-order valence-corrected chi connectivity index (χ1v) is 9.61. The second-order valence-electron chi connectivity index (χ2n) is 7.35. The first-order chi connectivity index (χ1) is 13.0. The second-order valence-corrected chi connectivity index (χ2v) is 7.35. The van der Waals surface area contributed by atoms with Crippen molar-refractivity contribution in [2.45, 2.75) is 39.8 Å². The second kappa shape index (κ2) is 8.95. The molecule has 6 heteroatoms. The highest BCUT2D eigenvalue weighted by atomic mass is 16.2. The molecule has 0 aliphatic carbocycles. The van der Waals surface area contributed by atoms with Gasteiger partial charge < -0.3 is 10.2 Å². The minimum Gasteiger partial charge on any atom is -0.335 e. The van der Waals surface area contributed by atoms with Crippen molar-refractivity contribution in [3.05, 3.63) is 59.2 Å². The molecule has 0 radical (unpaired) electrons. The zero-order valence-corrected chi connectivity index (χ0v) is 16.5. The summed E-state index contributed by atoms with van der Waals surface area (Å²) in [5, 5.41) is 3.12. The summed E-state index contributed by atoms with van der Waals surface area (Å²) in [5.41, 5.74) is 4.55. The molecule has 1 N–H and O–H groups in total. The summed E-state index contributed by atoms with van der Waals surface area (Å²) in [5.74, 6) is 0. The number of hydrogen-bond acceptors (Lipinski definition) is 4. The van der Waals surface area contributed by atoms with E-state index in [4.69, 9.17) is 0 Å². The summed E-state index contributed by atoms with van der Waals surface area (Å²) in [6, 6.07) is 8.13. The van der Waals surface area contributed by atoms with Crippen molar-refractivity contribution in [3.8, 4) is 0 Å². The van der Waals surface area contributed by atoms with Crippen LogP contribution >= 0.6 is 0 Å².